The number of halogens is 2. The molecule has 122 valence electrons. The van der Waals surface area contributed by atoms with Crippen molar-refractivity contribution in [3.63, 3.8) is 0 Å². The van der Waals surface area contributed by atoms with Crippen LogP contribution in [-0.2, 0) is 17.8 Å². The molecule has 0 saturated heterocycles. The molecule has 1 aliphatic heterocycles. The topological polar surface area (TPSA) is 40.5 Å². The van der Waals surface area contributed by atoms with Gasteiger partial charge in [-0.25, -0.2) is 0 Å². The van der Waals surface area contributed by atoms with Gasteiger partial charge in [-0.2, -0.15) is 0 Å². The number of carbonyl (C=O) groups is 1. The maximum Gasteiger partial charge on any atom is 0.306 e. The van der Waals surface area contributed by atoms with Gasteiger partial charge in [0, 0.05) is 18.0 Å². The number of carboxylic acid groups (broad SMARTS) is 1. The molecule has 1 N–H and O–H groups in total. The van der Waals surface area contributed by atoms with Crippen LogP contribution in [0.5, 0.6) is 0 Å². The van der Waals surface area contributed by atoms with Crippen LogP contribution in [0.15, 0.2) is 11.4 Å². The van der Waals surface area contributed by atoms with Crippen molar-refractivity contribution in [2.45, 2.75) is 45.6 Å². The number of carboxylic acids is 1. The van der Waals surface area contributed by atoms with E-state index < -0.39 is 5.97 Å². The third-order valence-corrected chi connectivity index (χ3v) is 4.90. The van der Waals surface area contributed by atoms with Crippen molar-refractivity contribution in [1.82, 2.24) is 4.90 Å². The summed E-state index contributed by atoms with van der Waals surface area (Å²) in [6.07, 6.45) is 4.82. The summed E-state index contributed by atoms with van der Waals surface area (Å²) in [5.74, 6) is -0.785. The molecule has 0 bridgehead atoms. The lowest BCUT2D eigenvalue weighted by Gasteiger charge is -2.27. The fraction of sp³-hybridized carbons (Fsp3) is 0.667. The molecule has 3 nitrogen and oxygen atoms in total. The van der Waals surface area contributed by atoms with Gasteiger partial charge >= 0.3 is 5.97 Å². The second-order valence-corrected chi connectivity index (χ2v) is 6.36. The lowest BCUT2D eigenvalue weighted by atomic mass is 9.98. The van der Waals surface area contributed by atoms with Crippen molar-refractivity contribution >= 4 is 42.1 Å². The molecule has 21 heavy (non-hydrogen) atoms. The van der Waals surface area contributed by atoms with Gasteiger partial charge in [-0.05, 0) is 42.8 Å². The van der Waals surface area contributed by atoms with Gasteiger partial charge in [-0.15, -0.1) is 36.2 Å². The van der Waals surface area contributed by atoms with Crippen molar-refractivity contribution in [3.05, 3.63) is 21.9 Å². The zero-order valence-corrected chi connectivity index (χ0v) is 14.9. The Morgan fingerprint density at radius 2 is 2.19 bits per heavy atom. The Labute approximate surface area is 143 Å². The minimum absolute atomic E-state index is 0. The van der Waals surface area contributed by atoms with Crippen molar-refractivity contribution in [1.29, 1.82) is 0 Å². The summed E-state index contributed by atoms with van der Waals surface area (Å²) in [6, 6.07) is 2.22. The molecule has 1 atom stereocenters. The Hall–Kier alpha value is -0.290. The maximum absolute atomic E-state index is 11.2. The first-order chi connectivity index (χ1) is 9.20. The van der Waals surface area contributed by atoms with Gasteiger partial charge in [-0.1, -0.05) is 19.8 Å². The summed E-state index contributed by atoms with van der Waals surface area (Å²) in [5.41, 5.74) is 1.49. The van der Waals surface area contributed by atoms with Crippen LogP contribution in [0.25, 0.3) is 0 Å². The number of hydrogen-bond acceptors (Lipinski definition) is 3. The minimum Gasteiger partial charge on any atom is -0.481 e. The maximum atomic E-state index is 11.2. The summed E-state index contributed by atoms with van der Waals surface area (Å²) in [4.78, 5) is 15.1. The Bertz CT molecular complexity index is 426. The van der Waals surface area contributed by atoms with E-state index in [0.29, 0.717) is 0 Å². The molecular weight excluding hydrogens is 329 g/mol. The molecule has 1 unspecified atom stereocenters. The quantitative estimate of drug-likeness (QED) is 0.797. The SMILES string of the molecule is CCCCC(CCN1CCc2ccsc2C1)C(=O)O.Cl.Cl. The predicted molar refractivity (Wildman–Crippen MR) is 93.1 cm³/mol. The van der Waals surface area contributed by atoms with E-state index in [1.807, 2.05) is 11.3 Å². The van der Waals surface area contributed by atoms with Crippen molar-refractivity contribution < 1.29 is 9.90 Å². The van der Waals surface area contributed by atoms with Crippen molar-refractivity contribution in [2.75, 3.05) is 13.1 Å². The van der Waals surface area contributed by atoms with Crippen LogP contribution < -0.4 is 0 Å². The van der Waals surface area contributed by atoms with Crippen LogP contribution in [0.2, 0.25) is 0 Å². The molecule has 0 fully saturated rings. The van der Waals surface area contributed by atoms with Crippen molar-refractivity contribution in [3.8, 4) is 0 Å². The molecule has 0 radical (unpaired) electrons. The summed E-state index contributed by atoms with van der Waals surface area (Å²) in [6.45, 7) is 5.11. The number of aliphatic carboxylic acids is 1. The molecule has 1 aliphatic rings. The van der Waals surface area contributed by atoms with Crippen LogP contribution >= 0.6 is 36.2 Å². The monoisotopic (exact) mass is 353 g/mol. The highest BCUT2D eigenvalue weighted by atomic mass is 35.5. The smallest absolute Gasteiger partial charge is 0.306 e. The average Bonchev–Trinajstić information content (AvgIpc) is 2.85. The van der Waals surface area contributed by atoms with Crippen LogP contribution in [0.3, 0.4) is 0 Å². The van der Waals surface area contributed by atoms with Crippen LogP contribution in [-0.4, -0.2) is 29.1 Å². The number of thiophene rings is 1. The number of unbranched alkanes of at least 4 members (excludes halogenated alkanes) is 1. The van der Waals surface area contributed by atoms with E-state index in [4.69, 9.17) is 0 Å². The second kappa shape index (κ2) is 10.4. The van der Waals surface area contributed by atoms with Crippen LogP contribution in [0, 0.1) is 5.92 Å². The fourth-order valence-electron chi connectivity index (χ4n) is 2.66. The van der Waals surface area contributed by atoms with E-state index in [-0.39, 0.29) is 30.7 Å². The molecule has 0 spiro atoms. The zero-order valence-electron chi connectivity index (χ0n) is 12.4. The highest BCUT2D eigenvalue weighted by Gasteiger charge is 2.21. The Morgan fingerprint density at radius 1 is 1.43 bits per heavy atom. The first-order valence-electron chi connectivity index (χ1n) is 7.21. The minimum atomic E-state index is -0.623. The lowest BCUT2D eigenvalue weighted by Crippen LogP contribution is -2.32. The largest absolute Gasteiger partial charge is 0.481 e. The van der Waals surface area contributed by atoms with Crippen molar-refractivity contribution in [2.24, 2.45) is 5.92 Å². The molecule has 0 amide bonds. The number of nitrogens with zero attached hydrogens (tertiary/aromatic N) is 1. The molecule has 0 aliphatic carbocycles. The molecule has 1 aromatic heterocycles. The van der Waals surface area contributed by atoms with Gasteiger partial charge in [0.2, 0.25) is 0 Å². The average molecular weight is 354 g/mol. The summed E-state index contributed by atoms with van der Waals surface area (Å²) >= 11 is 1.83. The van der Waals surface area contributed by atoms with E-state index in [1.165, 1.54) is 10.4 Å². The standard InChI is InChI=1S/C15H23NO2S.2ClH/c1-2-3-4-13(15(17)18)6-9-16-8-5-12-7-10-19-14(12)11-16;;/h7,10,13H,2-6,8-9,11H2,1H3,(H,17,18);2*1H. The predicted octanol–water partition coefficient (Wildman–Crippen LogP) is 4.23. The molecule has 0 saturated carbocycles. The summed E-state index contributed by atoms with van der Waals surface area (Å²) in [7, 11) is 0. The fourth-order valence-corrected chi connectivity index (χ4v) is 3.64. The highest BCUT2D eigenvalue weighted by molar-refractivity contribution is 7.10. The zero-order chi connectivity index (χ0) is 13.7. The first kappa shape index (κ1) is 20.7. The molecule has 2 heterocycles. The van der Waals surface area contributed by atoms with Gasteiger partial charge in [0.1, 0.15) is 0 Å². The van der Waals surface area contributed by atoms with Gasteiger partial charge in [0.25, 0.3) is 0 Å². The van der Waals surface area contributed by atoms with E-state index in [9.17, 15) is 9.90 Å². The molecule has 0 aromatic carbocycles. The van der Waals surface area contributed by atoms with Gasteiger partial charge < -0.3 is 5.11 Å². The normalized spacial score (nSPS) is 15.5. The number of hydrogen-bond donors (Lipinski definition) is 1. The molecule has 2 rings (SSSR count). The van der Waals surface area contributed by atoms with Gasteiger partial charge in [0.15, 0.2) is 0 Å². The van der Waals surface area contributed by atoms with Crippen LogP contribution in [0.1, 0.15) is 43.0 Å². The third-order valence-electron chi connectivity index (χ3n) is 3.95. The Morgan fingerprint density at radius 3 is 2.86 bits per heavy atom. The second-order valence-electron chi connectivity index (χ2n) is 5.36. The number of fused-ring (bicyclic) bond motifs is 1. The van der Waals surface area contributed by atoms with E-state index >= 15 is 0 Å². The Kier molecular flexibility index (Phi) is 10.3. The summed E-state index contributed by atoms with van der Waals surface area (Å²) < 4.78 is 0. The first-order valence-corrected chi connectivity index (χ1v) is 8.09. The van der Waals surface area contributed by atoms with Gasteiger partial charge in [0.05, 0.1) is 5.92 Å². The lowest BCUT2D eigenvalue weighted by molar-refractivity contribution is -0.142. The molecule has 1 aromatic rings. The number of rotatable bonds is 7. The molecular formula is C15H25Cl2NO2S. The Balaban J connectivity index is 0.00000200. The van der Waals surface area contributed by atoms with E-state index in [0.717, 1.165) is 51.7 Å². The highest BCUT2D eigenvalue weighted by Crippen LogP contribution is 2.25. The van der Waals surface area contributed by atoms with Crippen LogP contribution in [0.4, 0.5) is 0 Å². The van der Waals surface area contributed by atoms with Gasteiger partial charge in [-0.3, -0.25) is 9.69 Å². The third kappa shape index (κ3) is 6.15. The van der Waals surface area contributed by atoms with E-state index in [2.05, 4.69) is 23.3 Å². The molecule has 6 heteroatoms. The van der Waals surface area contributed by atoms with E-state index in [1.54, 1.807) is 0 Å². The summed E-state index contributed by atoms with van der Waals surface area (Å²) in [5, 5.41) is 11.4.